The highest BCUT2D eigenvalue weighted by atomic mass is 16.2. The average molecular weight is 260 g/mol. The zero-order valence-electron chi connectivity index (χ0n) is 12.0. The highest BCUT2D eigenvalue weighted by molar-refractivity contribution is 5.81. The number of rotatable bonds is 4. The lowest BCUT2D eigenvalue weighted by Crippen LogP contribution is -2.45. The third-order valence-electron chi connectivity index (χ3n) is 3.91. The van der Waals surface area contributed by atoms with Gasteiger partial charge in [0.05, 0.1) is 6.54 Å². The van der Waals surface area contributed by atoms with Crippen molar-refractivity contribution in [1.82, 2.24) is 4.90 Å². The minimum atomic E-state index is 0.229. The molecule has 1 aliphatic heterocycles. The number of anilines is 1. The van der Waals surface area contributed by atoms with E-state index in [4.69, 9.17) is 0 Å². The van der Waals surface area contributed by atoms with Crippen LogP contribution >= 0.6 is 0 Å². The monoisotopic (exact) mass is 260 g/mol. The van der Waals surface area contributed by atoms with Crippen LogP contribution < -0.4 is 5.32 Å². The Morgan fingerprint density at radius 1 is 1.32 bits per heavy atom. The Balaban J connectivity index is 1.87. The lowest BCUT2D eigenvalue weighted by Gasteiger charge is -2.35. The van der Waals surface area contributed by atoms with Crippen molar-refractivity contribution < 1.29 is 4.79 Å². The van der Waals surface area contributed by atoms with E-state index in [1.165, 1.54) is 12.0 Å². The number of nitrogens with zero attached hydrogens (tertiary/aromatic N) is 1. The van der Waals surface area contributed by atoms with Gasteiger partial charge in [0.25, 0.3) is 0 Å². The number of hydrogen-bond donors (Lipinski definition) is 1. The molecular weight excluding hydrogens is 236 g/mol. The molecule has 3 heteroatoms. The molecule has 0 spiro atoms. The molecule has 0 aliphatic carbocycles. The van der Waals surface area contributed by atoms with Gasteiger partial charge in [0.2, 0.25) is 5.91 Å². The summed E-state index contributed by atoms with van der Waals surface area (Å²) in [6, 6.07) is 8.61. The molecule has 0 saturated carbocycles. The minimum Gasteiger partial charge on any atom is -0.376 e. The predicted octanol–water partition coefficient (Wildman–Crippen LogP) is 3.20. The molecule has 0 radical (unpaired) electrons. The smallest absolute Gasteiger partial charge is 0.242 e. The van der Waals surface area contributed by atoms with Crippen molar-refractivity contribution in [3.63, 3.8) is 0 Å². The molecular formula is C16H24N2O. The van der Waals surface area contributed by atoms with Gasteiger partial charge >= 0.3 is 0 Å². The number of carbonyl (C=O) groups excluding carboxylic acids is 1. The Bertz CT molecular complexity index is 413. The van der Waals surface area contributed by atoms with Crippen molar-refractivity contribution in [3.8, 4) is 0 Å². The van der Waals surface area contributed by atoms with Gasteiger partial charge in [-0.3, -0.25) is 4.79 Å². The first-order valence-corrected chi connectivity index (χ1v) is 7.30. The highest BCUT2D eigenvalue weighted by Crippen LogP contribution is 2.19. The number of aryl methyl sites for hydroxylation is 1. The van der Waals surface area contributed by atoms with E-state index < -0.39 is 0 Å². The van der Waals surface area contributed by atoms with E-state index in [-0.39, 0.29) is 5.91 Å². The van der Waals surface area contributed by atoms with Gasteiger partial charge < -0.3 is 10.2 Å². The third kappa shape index (κ3) is 3.72. The highest BCUT2D eigenvalue weighted by Gasteiger charge is 2.24. The molecule has 1 atom stereocenters. The van der Waals surface area contributed by atoms with Gasteiger partial charge in [-0.05, 0) is 44.7 Å². The Morgan fingerprint density at radius 3 is 2.74 bits per heavy atom. The molecule has 0 bridgehead atoms. The number of hydrogen-bond acceptors (Lipinski definition) is 2. The summed E-state index contributed by atoms with van der Waals surface area (Å²) in [4.78, 5) is 14.3. The van der Waals surface area contributed by atoms with Crippen LogP contribution in [0.3, 0.4) is 0 Å². The Morgan fingerprint density at radius 2 is 2.05 bits per heavy atom. The van der Waals surface area contributed by atoms with Crippen LogP contribution in [-0.4, -0.2) is 29.9 Å². The molecule has 0 aromatic heterocycles. The summed E-state index contributed by atoms with van der Waals surface area (Å²) < 4.78 is 0. The SMILES string of the molecule is CCC1CCCCN1C(=O)CNc1ccc(C)cc1. The lowest BCUT2D eigenvalue weighted by atomic mass is 10.00. The second kappa shape index (κ2) is 6.60. The molecule has 1 heterocycles. The van der Waals surface area contributed by atoms with E-state index in [1.807, 2.05) is 12.1 Å². The summed E-state index contributed by atoms with van der Waals surface area (Å²) in [5, 5.41) is 3.22. The number of benzene rings is 1. The van der Waals surface area contributed by atoms with E-state index in [2.05, 4.69) is 36.2 Å². The standard InChI is InChI=1S/C16H24N2O/c1-3-15-6-4-5-11-18(15)16(19)12-17-14-9-7-13(2)8-10-14/h7-10,15,17H,3-6,11-12H2,1-2H3. The summed E-state index contributed by atoms with van der Waals surface area (Å²) in [5.74, 6) is 0.229. The number of carbonyl (C=O) groups is 1. The van der Waals surface area contributed by atoms with Crippen LogP contribution in [0.4, 0.5) is 5.69 Å². The van der Waals surface area contributed by atoms with E-state index in [1.54, 1.807) is 0 Å². The second-order valence-corrected chi connectivity index (χ2v) is 5.36. The van der Waals surface area contributed by atoms with E-state index in [0.29, 0.717) is 12.6 Å². The fraction of sp³-hybridized carbons (Fsp3) is 0.562. The summed E-state index contributed by atoms with van der Waals surface area (Å²) in [6.07, 6.45) is 4.63. The minimum absolute atomic E-state index is 0.229. The zero-order chi connectivity index (χ0) is 13.7. The summed E-state index contributed by atoms with van der Waals surface area (Å²) in [7, 11) is 0. The van der Waals surface area contributed by atoms with Crippen molar-refractivity contribution in [3.05, 3.63) is 29.8 Å². The molecule has 1 N–H and O–H groups in total. The van der Waals surface area contributed by atoms with Crippen LogP contribution in [0, 0.1) is 6.92 Å². The van der Waals surface area contributed by atoms with Crippen molar-refractivity contribution in [2.24, 2.45) is 0 Å². The van der Waals surface area contributed by atoms with E-state index in [0.717, 1.165) is 31.5 Å². The molecule has 1 aliphatic rings. The van der Waals surface area contributed by atoms with Crippen LogP contribution in [-0.2, 0) is 4.79 Å². The molecule has 1 unspecified atom stereocenters. The van der Waals surface area contributed by atoms with Gasteiger partial charge in [0, 0.05) is 18.3 Å². The summed E-state index contributed by atoms with van der Waals surface area (Å²) in [5.41, 5.74) is 2.25. The van der Waals surface area contributed by atoms with Gasteiger partial charge in [-0.15, -0.1) is 0 Å². The molecule has 1 saturated heterocycles. The first-order chi connectivity index (χ1) is 9.20. The maximum absolute atomic E-state index is 12.3. The molecule has 1 amide bonds. The largest absolute Gasteiger partial charge is 0.376 e. The lowest BCUT2D eigenvalue weighted by molar-refractivity contribution is -0.133. The van der Waals surface area contributed by atoms with Crippen molar-refractivity contribution in [1.29, 1.82) is 0 Å². The molecule has 19 heavy (non-hydrogen) atoms. The number of likely N-dealkylation sites (tertiary alicyclic amines) is 1. The van der Waals surface area contributed by atoms with Crippen LogP contribution in [0.1, 0.15) is 38.2 Å². The van der Waals surface area contributed by atoms with Gasteiger partial charge in [0.15, 0.2) is 0 Å². The molecule has 1 fully saturated rings. The van der Waals surface area contributed by atoms with Gasteiger partial charge in [-0.25, -0.2) is 0 Å². The van der Waals surface area contributed by atoms with Crippen LogP contribution in [0.15, 0.2) is 24.3 Å². The van der Waals surface area contributed by atoms with Crippen LogP contribution in [0.5, 0.6) is 0 Å². The van der Waals surface area contributed by atoms with Gasteiger partial charge in [0.1, 0.15) is 0 Å². The van der Waals surface area contributed by atoms with Crippen molar-refractivity contribution in [2.45, 2.75) is 45.6 Å². The zero-order valence-corrected chi connectivity index (χ0v) is 12.0. The maximum Gasteiger partial charge on any atom is 0.242 e. The molecule has 1 aromatic carbocycles. The number of piperidine rings is 1. The first-order valence-electron chi connectivity index (χ1n) is 7.30. The fourth-order valence-electron chi connectivity index (χ4n) is 2.70. The normalized spacial score (nSPS) is 19.3. The maximum atomic E-state index is 12.3. The van der Waals surface area contributed by atoms with Crippen LogP contribution in [0.2, 0.25) is 0 Å². The second-order valence-electron chi connectivity index (χ2n) is 5.36. The van der Waals surface area contributed by atoms with E-state index >= 15 is 0 Å². The quantitative estimate of drug-likeness (QED) is 0.901. The summed E-state index contributed by atoms with van der Waals surface area (Å²) >= 11 is 0. The Kier molecular flexibility index (Phi) is 4.83. The van der Waals surface area contributed by atoms with Gasteiger partial charge in [-0.2, -0.15) is 0 Å². The first kappa shape index (κ1) is 13.9. The Labute approximate surface area is 116 Å². The van der Waals surface area contributed by atoms with Gasteiger partial charge in [-0.1, -0.05) is 24.6 Å². The number of nitrogens with one attached hydrogen (secondary N) is 1. The summed E-state index contributed by atoms with van der Waals surface area (Å²) in [6.45, 7) is 5.56. The topological polar surface area (TPSA) is 32.3 Å². The third-order valence-corrected chi connectivity index (χ3v) is 3.91. The molecule has 1 aromatic rings. The molecule has 2 rings (SSSR count). The fourth-order valence-corrected chi connectivity index (χ4v) is 2.70. The van der Waals surface area contributed by atoms with Crippen molar-refractivity contribution >= 4 is 11.6 Å². The van der Waals surface area contributed by atoms with Crippen molar-refractivity contribution in [2.75, 3.05) is 18.4 Å². The van der Waals surface area contributed by atoms with Crippen LogP contribution in [0.25, 0.3) is 0 Å². The average Bonchev–Trinajstić information content (AvgIpc) is 2.46. The Hall–Kier alpha value is -1.51. The number of amides is 1. The van der Waals surface area contributed by atoms with E-state index in [9.17, 15) is 4.79 Å². The predicted molar refractivity (Wildman–Crippen MR) is 79.3 cm³/mol. The molecule has 3 nitrogen and oxygen atoms in total. The molecule has 104 valence electrons.